The van der Waals surface area contributed by atoms with Crippen molar-refractivity contribution in [2.45, 2.75) is 27.0 Å². The van der Waals surface area contributed by atoms with Crippen LogP contribution in [0, 0.1) is 13.8 Å². The summed E-state index contributed by atoms with van der Waals surface area (Å²) in [6.07, 6.45) is 0. The highest BCUT2D eigenvalue weighted by Crippen LogP contribution is 2.37. The Morgan fingerprint density at radius 2 is 1.64 bits per heavy atom. The van der Waals surface area contributed by atoms with Crippen LogP contribution in [0.15, 0.2) is 54.6 Å². The molecule has 28 heavy (non-hydrogen) atoms. The third-order valence-electron chi connectivity index (χ3n) is 4.45. The number of nitrogens with one attached hydrogen (secondary N) is 1. The van der Waals surface area contributed by atoms with Crippen molar-refractivity contribution < 1.29 is 9.47 Å². The number of benzene rings is 3. The number of anilines is 1. The van der Waals surface area contributed by atoms with Crippen molar-refractivity contribution in [1.29, 1.82) is 0 Å². The van der Waals surface area contributed by atoms with Crippen LogP contribution in [0.5, 0.6) is 11.5 Å². The van der Waals surface area contributed by atoms with E-state index < -0.39 is 0 Å². The highest BCUT2D eigenvalue weighted by Gasteiger charge is 2.13. The van der Waals surface area contributed by atoms with Gasteiger partial charge < -0.3 is 14.8 Å². The van der Waals surface area contributed by atoms with E-state index in [9.17, 15) is 0 Å². The van der Waals surface area contributed by atoms with Crippen LogP contribution in [0.25, 0.3) is 0 Å². The molecule has 0 fully saturated rings. The Balaban J connectivity index is 1.72. The molecular formula is C23H23Cl2NO2. The molecule has 1 N–H and O–H groups in total. The summed E-state index contributed by atoms with van der Waals surface area (Å²) in [5.41, 5.74) is 5.57. The molecule has 0 spiro atoms. The highest BCUT2D eigenvalue weighted by atomic mass is 35.5. The molecule has 146 valence electrons. The first kappa shape index (κ1) is 20.4. The molecule has 0 unspecified atom stereocenters. The van der Waals surface area contributed by atoms with Crippen molar-refractivity contribution in [3.05, 3.63) is 86.9 Å². The molecule has 3 aromatic carbocycles. The second-order valence-electron chi connectivity index (χ2n) is 6.70. The van der Waals surface area contributed by atoms with Gasteiger partial charge in [0.2, 0.25) is 0 Å². The summed E-state index contributed by atoms with van der Waals surface area (Å²) >= 11 is 12.4. The average molecular weight is 416 g/mol. The summed E-state index contributed by atoms with van der Waals surface area (Å²) in [7, 11) is 1.61. The lowest BCUT2D eigenvalue weighted by molar-refractivity contribution is 0.284. The maximum Gasteiger partial charge on any atom is 0.180 e. The Kier molecular flexibility index (Phi) is 6.71. The van der Waals surface area contributed by atoms with Gasteiger partial charge in [0.25, 0.3) is 0 Å². The maximum absolute atomic E-state index is 6.48. The van der Waals surface area contributed by atoms with Crippen molar-refractivity contribution in [2.75, 3.05) is 12.4 Å². The Bertz CT molecular complexity index is 956. The fourth-order valence-electron chi connectivity index (χ4n) is 2.96. The lowest BCUT2D eigenvalue weighted by Crippen LogP contribution is -2.03. The van der Waals surface area contributed by atoms with Crippen LogP contribution < -0.4 is 14.8 Å². The SMILES string of the molecule is COc1cc(CNc2ccc(C)cc2C)cc(Cl)c1OCc1ccc(Cl)cc1. The lowest BCUT2D eigenvalue weighted by Gasteiger charge is -2.16. The molecule has 0 amide bonds. The van der Waals surface area contributed by atoms with E-state index in [-0.39, 0.29) is 0 Å². The van der Waals surface area contributed by atoms with Crippen LogP contribution in [0.1, 0.15) is 22.3 Å². The van der Waals surface area contributed by atoms with Crippen LogP contribution in [-0.2, 0) is 13.2 Å². The zero-order valence-corrected chi connectivity index (χ0v) is 17.7. The molecule has 0 radical (unpaired) electrons. The molecule has 0 saturated heterocycles. The third-order valence-corrected chi connectivity index (χ3v) is 4.98. The fourth-order valence-corrected chi connectivity index (χ4v) is 3.37. The van der Waals surface area contributed by atoms with Gasteiger partial charge in [0.1, 0.15) is 6.61 Å². The lowest BCUT2D eigenvalue weighted by atomic mass is 10.1. The van der Waals surface area contributed by atoms with Gasteiger partial charge in [-0.15, -0.1) is 0 Å². The summed E-state index contributed by atoms with van der Waals surface area (Å²) in [6.45, 7) is 5.20. The predicted molar refractivity (Wildman–Crippen MR) is 117 cm³/mol. The number of ether oxygens (including phenoxy) is 2. The smallest absolute Gasteiger partial charge is 0.180 e. The van der Waals surface area contributed by atoms with Crippen molar-refractivity contribution in [3.8, 4) is 11.5 Å². The van der Waals surface area contributed by atoms with Gasteiger partial charge in [-0.05, 0) is 60.9 Å². The molecule has 3 rings (SSSR count). The predicted octanol–water partition coefficient (Wildman–Crippen LogP) is 6.81. The summed E-state index contributed by atoms with van der Waals surface area (Å²) in [5, 5.41) is 4.66. The number of hydrogen-bond donors (Lipinski definition) is 1. The van der Waals surface area contributed by atoms with Crippen LogP contribution in [-0.4, -0.2) is 7.11 Å². The van der Waals surface area contributed by atoms with Crippen molar-refractivity contribution in [2.24, 2.45) is 0 Å². The first-order valence-electron chi connectivity index (χ1n) is 9.01. The van der Waals surface area contributed by atoms with Crippen molar-refractivity contribution in [3.63, 3.8) is 0 Å². The topological polar surface area (TPSA) is 30.5 Å². The minimum atomic E-state index is 0.382. The molecule has 0 aliphatic carbocycles. The molecule has 0 bridgehead atoms. The molecular weight excluding hydrogens is 393 g/mol. The average Bonchev–Trinajstić information content (AvgIpc) is 2.67. The second kappa shape index (κ2) is 9.22. The van der Waals surface area contributed by atoms with Crippen molar-refractivity contribution >= 4 is 28.9 Å². The number of rotatable bonds is 7. The monoisotopic (exact) mass is 415 g/mol. The Morgan fingerprint density at radius 3 is 2.32 bits per heavy atom. The largest absolute Gasteiger partial charge is 0.493 e. The van der Waals surface area contributed by atoms with Gasteiger partial charge in [0.15, 0.2) is 11.5 Å². The van der Waals surface area contributed by atoms with Gasteiger partial charge in [-0.2, -0.15) is 0 Å². The zero-order chi connectivity index (χ0) is 20.1. The Morgan fingerprint density at radius 1 is 0.893 bits per heavy atom. The van der Waals surface area contributed by atoms with Crippen molar-refractivity contribution in [1.82, 2.24) is 0 Å². The van der Waals surface area contributed by atoms with Gasteiger partial charge in [0, 0.05) is 17.3 Å². The zero-order valence-electron chi connectivity index (χ0n) is 16.2. The van der Waals surface area contributed by atoms with Crippen LogP contribution in [0.2, 0.25) is 10.0 Å². The fraction of sp³-hybridized carbons (Fsp3) is 0.217. The molecule has 0 heterocycles. The minimum absolute atomic E-state index is 0.382. The van der Waals surface area contributed by atoms with E-state index in [1.54, 1.807) is 7.11 Å². The quantitative estimate of drug-likeness (QED) is 0.459. The van der Waals surface area contributed by atoms with Crippen LogP contribution in [0.3, 0.4) is 0 Å². The number of aryl methyl sites for hydroxylation is 2. The molecule has 0 atom stereocenters. The maximum atomic E-state index is 6.48. The van der Waals surface area contributed by atoms with Gasteiger partial charge >= 0.3 is 0 Å². The first-order valence-corrected chi connectivity index (χ1v) is 9.76. The first-order chi connectivity index (χ1) is 13.5. The number of halogens is 2. The number of hydrogen-bond acceptors (Lipinski definition) is 3. The summed E-state index contributed by atoms with van der Waals surface area (Å²) < 4.78 is 11.4. The van der Waals surface area contributed by atoms with E-state index in [1.165, 1.54) is 11.1 Å². The molecule has 5 heteroatoms. The van der Waals surface area contributed by atoms with Gasteiger partial charge in [-0.1, -0.05) is 53.0 Å². The Hall–Kier alpha value is -2.36. The van der Waals surface area contributed by atoms with E-state index in [4.69, 9.17) is 32.7 Å². The molecule has 0 aromatic heterocycles. The van der Waals surface area contributed by atoms with Gasteiger partial charge in [-0.25, -0.2) is 0 Å². The third kappa shape index (κ3) is 5.12. The molecule has 3 nitrogen and oxygen atoms in total. The van der Waals surface area contributed by atoms with E-state index in [1.807, 2.05) is 36.4 Å². The highest BCUT2D eigenvalue weighted by molar-refractivity contribution is 6.32. The van der Waals surface area contributed by atoms with E-state index >= 15 is 0 Å². The number of methoxy groups -OCH3 is 1. The molecule has 0 saturated carbocycles. The summed E-state index contributed by atoms with van der Waals surface area (Å²) in [5.74, 6) is 1.15. The Labute approximate surface area is 176 Å². The van der Waals surface area contributed by atoms with E-state index in [2.05, 4.69) is 37.4 Å². The van der Waals surface area contributed by atoms with Crippen LogP contribution in [0.4, 0.5) is 5.69 Å². The second-order valence-corrected chi connectivity index (χ2v) is 7.54. The summed E-state index contributed by atoms with van der Waals surface area (Å²) in [4.78, 5) is 0. The standard InChI is InChI=1S/C23H23Cl2NO2/c1-15-4-9-21(16(2)10-15)26-13-18-11-20(25)23(22(12-18)27-3)28-14-17-5-7-19(24)8-6-17/h4-12,26H,13-14H2,1-3H3. The van der Waals surface area contributed by atoms with Gasteiger partial charge in [-0.3, -0.25) is 0 Å². The summed E-state index contributed by atoms with van der Waals surface area (Å²) in [6, 6.07) is 17.7. The molecule has 3 aromatic rings. The normalized spacial score (nSPS) is 10.6. The van der Waals surface area contributed by atoms with Gasteiger partial charge in [0.05, 0.1) is 12.1 Å². The molecule has 0 aliphatic rings. The van der Waals surface area contributed by atoms with E-state index in [0.29, 0.717) is 34.7 Å². The minimum Gasteiger partial charge on any atom is -0.493 e. The van der Waals surface area contributed by atoms with Crippen LogP contribution >= 0.6 is 23.2 Å². The molecule has 0 aliphatic heterocycles. The van der Waals surface area contributed by atoms with E-state index in [0.717, 1.165) is 16.8 Å².